The van der Waals surface area contributed by atoms with Crippen LogP contribution < -0.4 is 5.32 Å². The molecule has 0 saturated heterocycles. The fourth-order valence-electron chi connectivity index (χ4n) is 2.26. The lowest BCUT2D eigenvalue weighted by molar-refractivity contribution is 0.723. The van der Waals surface area contributed by atoms with E-state index >= 15 is 0 Å². The molecular weight excluding hydrogens is 246 g/mol. The molecule has 0 fully saturated rings. The summed E-state index contributed by atoms with van der Waals surface area (Å²) >= 11 is 0. The molecule has 0 aliphatic rings. The third-order valence-electron chi connectivity index (χ3n) is 3.59. The normalized spacial score (nSPS) is 10.9. The lowest BCUT2D eigenvalue weighted by atomic mass is 10.1. The molecule has 1 heterocycles. The van der Waals surface area contributed by atoms with Crippen LogP contribution in [0.2, 0.25) is 0 Å². The topological polar surface area (TPSA) is 29.9 Å². The van der Waals surface area contributed by atoms with Gasteiger partial charge in [0.05, 0.1) is 11.4 Å². The van der Waals surface area contributed by atoms with Crippen LogP contribution in [0.4, 0.5) is 0 Å². The molecule has 0 radical (unpaired) electrons. The van der Waals surface area contributed by atoms with Crippen LogP contribution in [0.25, 0.3) is 5.69 Å². The first-order valence-corrected chi connectivity index (χ1v) is 7.59. The predicted octanol–water partition coefficient (Wildman–Crippen LogP) is 3.63. The summed E-state index contributed by atoms with van der Waals surface area (Å²) in [6, 6.07) is 8.75. The van der Waals surface area contributed by atoms with Gasteiger partial charge in [0.15, 0.2) is 0 Å². The number of nitrogens with one attached hydrogen (secondary N) is 1. The molecule has 2 rings (SSSR count). The fraction of sp³-hybridized carbons (Fsp3) is 0.471. The van der Waals surface area contributed by atoms with Gasteiger partial charge < -0.3 is 5.32 Å². The van der Waals surface area contributed by atoms with Gasteiger partial charge in [-0.25, -0.2) is 4.68 Å². The van der Waals surface area contributed by atoms with Crippen LogP contribution in [0, 0.1) is 6.92 Å². The highest BCUT2D eigenvalue weighted by Gasteiger charge is 2.05. The minimum absolute atomic E-state index is 0.886. The summed E-state index contributed by atoms with van der Waals surface area (Å²) < 4.78 is 1.98. The minimum atomic E-state index is 0.886. The summed E-state index contributed by atoms with van der Waals surface area (Å²) in [6.07, 6.45) is 5.79. The largest absolute Gasteiger partial charge is 0.313 e. The molecule has 2 aromatic rings. The Morgan fingerprint density at radius 1 is 1.15 bits per heavy atom. The van der Waals surface area contributed by atoms with Crippen molar-refractivity contribution >= 4 is 0 Å². The Labute approximate surface area is 122 Å². The van der Waals surface area contributed by atoms with Crippen molar-refractivity contribution in [1.29, 1.82) is 0 Å². The molecule has 1 N–H and O–H groups in total. The van der Waals surface area contributed by atoms with Crippen molar-refractivity contribution in [1.82, 2.24) is 15.1 Å². The SMILES string of the molecule is CCCCc1ccc(-n2cc(CNCC)c(C)n2)cc1. The minimum Gasteiger partial charge on any atom is -0.313 e. The molecule has 20 heavy (non-hydrogen) atoms. The Kier molecular flexibility index (Phi) is 5.36. The first kappa shape index (κ1) is 14.8. The van der Waals surface area contributed by atoms with Crippen LogP contribution in [-0.4, -0.2) is 16.3 Å². The Morgan fingerprint density at radius 2 is 1.90 bits per heavy atom. The number of benzene rings is 1. The number of hydrogen-bond acceptors (Lipinski definition) is 2. The second kappa shape index (κ2) is 7.25. The van der Waals surface area contributed by atoms with E-state index in [0.717, 1.165) is 24.5 Å². The van der Waals surface area contributed by atoms with Crippen molar-refractivity contribution < 1.29 is 0 Å². The van der Waals surface area contributed by atoms with Crippen LogP contribution >= 0.6 is 0 Å². The maximum Gasteiger partial charge on any atom is 0.0645 e. The molecule has 3 heteroatoms. The average molecular weight is 271 g/mol. The van der Waals surface area contributed by atoms with Crippen LogP contribution in [-0.2, 0) is 13.0 Å². The molecule has 3 nitrogen and oxygen atoms in total. The number of hydrogen-bond donors (Lipinski definition) is 1. The second-order valence-corrected chi connectivity index (χ2v) is 5.23. The molecular formula is C17H25N3. The Bertz CT molecular complexity index is 526. The van der Waals surface area contributed by atoms with E-state index in [4.69, 9.17) is 0 Å². The maximum atomic E-state index is 4.60. The van der Waals surface area contributed by atoms with E-state index in [9.17, 15) is 0 Å². The monoisotopic (exact) mass is 271 g/mol. The smallest absolute Gasteiger partial charge is 0.0645 e. The zero-order valence-corrected chi connectivity index (χ0v) is 12.8. The van der Waals surface area contributed by atoms with Gasteiger partial charge in [-0.2, -0.15) is 5.10 Å². The number of aryl methyl sites for hydroxylation is 2. The van der Waals surface area contributed by atoms with E-state index in [1.165, 1.54) is 30.4 Å². The first-order chi connectivity index (χ1) is 9.74. The second-order valence-electron chi connectivity index (χ2n) is 5.23. The summed E-state index contributed by atoms with van der Waals surface area (Å²) in [7, 11) is 0. The Balaban J connectivity index is 2.11. The summed E-state index contributed by atoms with van der Waals surface area (Å²) in [5.74, 6) is 0. The predicted molar refractivity (Wildman–Crippen MR) is 84.3 cm³/mol. The zero-order valence-electron chi connectivity index (χ0n) is 12.8. The number of rotatable bonds is 7. The van der Waals surface area contributed by atoms with Gasteiger partial charge in [0.25, 0.3) is 0 Å². The summed E-state index contributed by atoms with van der Waals surface area (Å²) in [6.45, 7) is 8.29. The van der Waals surface area contributed by atoms with Gasteiger partial charge in [0, 0.05) is 18.3 Å². The molecule has 0 aliphatic heterocycles. The number of nitrogens with zero attached hydrogens (tertiary/aromatic N) is 2. The highest BCUT2D eigenvalue weighted by Crippen LogP contribution is 2.14. The molecule has 0 spiro atoms. The summed E-state index contributed by atoms with van der Waals surface area (Å²) in [5.41, 5.74) is 4.91. The Hall–Kier alpha value is -1.61. The molecule has 1 aromatic carbocycles. The van der Waals surface area contributed by atoms with E-state index in [1.807, 2.05) is 4.68 Å². The highest BCUT2D eigenvalue weighted by molar-refractivity contribution is 5.35. The maximum absolute atomic E-state index is 4.60. The van der Waals surface area contributed by atoms with Gasteiger partial charge in [0.1, 0.15) is 0 Å². The lowest BCUT2D eigenvalue weighted by Gasteiger charge is -2.04. The quantitative estimate of drug-likeness (QED) is 0.833. The van der Waals surface area contributed by atoms with Crippen LogP contribution in [0.5, 0.6) is 0 Å². The van der Waals surface area contributed by atoms with Crippen LogP contribution in [0.1, 0.15) is 43.5 Å². The molecule has 108 valence electrons. The number of unbranched alkanes of at least 4 members (excludes halogenated alkanes) is 1. The summed E-state index contributed by atoms with van der Waals surface area (Å²) in [5, 5.41) is 7.95. The van der Waals surface area contributed by atoms with Crippen molar-refractivity contribution in [3.8, 4) is 5.69 Å². The van der Waals surface area contributed by atoms with Crippen molar-refractivity contribution in [2.24, 2.45) is 0 Å². The van der Waals surface area contributed by atoms with Gasteiger partial charge in [-0.05, 0) is 44.0 Å². The lowest BCUT2D eigenvalue weighted by Crippen LogP contribution is -2.11. The molecule has 0 unspecified atom stereocenters. The van der Waals surface area contributed by atoms with Gasteiger partial charge in [-0.15, -0.1) is 0 Å². The Morgan fingerprint density at radius 3 is 2.55 bits per heavy atom. The average Bonchev–Trinajstić information content (AvgIpc) is 2.84. The highest BCUT2D eigenvalue weighted by atomic mass is 15.3. The molecule has 0 aliphatic carbocycles. The summed E-state index contributed by atoms with van der Waals surface area (Å²) in [4.78, 5) is 0. The van der Waals surface area contributed by atoms with E-state index in [1.54, 1.807) is 0 Å². The molecule has 0 amide bonds. The van der Waals surface area contributed by atoms with Crippen molar-refractivity contribution in [3.05, 3.63) is 47.3 Å². The van der Waals surface area contributed by atoms with Gasteiger partial charge >= 0.3 is 0 Å². The first-order valence-electron chi connectivity index (χ1n) is 7.59. The molecule has 1 aromatic heterocycles. The zero-order chi connectivity index (χ0) is 14.4. The standard InChI is InChI=1S/C17H25N3/c1-4-6-7-15-8-10-17(11-9-15)20-13-16(12-18-5-2)14(3)19-20/h8-11,13,18H,4-7,12H2,1-3H3. The van der Waals surface area contributed by atoms with Gasteiger partial charge in [0.2, 0.25) is 0 Å². The molecule has 0 atom stereocenters. The van der Waals surface area contributed by atoms with E-state index in [2.05, 4.69) is 61.6 Å². The van der Waals surface area contributed by atoms with Gasteiger partial charge in [-0.3, -0.25) is 0 Å². The van der Waals surface area contributed by atoms with Crippen molar-refractivity contribution in [2.45, 2.75) is 46.6 Å². The molecule has 0 saturated carbocycles. The van der Waals surface area contributed by atoms with Gasteiger partial charge in [-0.1, -0.05) is 32.4 Å². The van der Waals surface area contributed by atoms with E-state index in [0.29, 0.717) is 0 Å². The fourth-order valence-corrected chi connectivity index (χ4v) is 2.26. The van der Waals surface area contributed by atoms with Crippen molar-refractivity contribution in [2.75, 3.05) is 6.54 Å². The van der Waals surface area contributed by atoms with E-state index in [-0.39, 0.29) is 0 Å². The van der Waals surface area contributed by atoms with E-state index < -0.39 is 0 Å². The van der Waals surface area contributed by atoms with Crippen molar-refractivity contribution in [3.63, 3.8) is 0 Å². The van der Waals surface area contributed by atoms with Crippen LogP contribution in [0.3, 0.4) is 0 Å². The third-order valence-corrected chi connectivity index (χ3v) is 3.59. The third kappa shape index (κ3) is 3.70. The molecule has 0 bridgehead atoms. The van der Waals surface area contributed by atoms with Crippen LogP contribution in [0.15, 0.2) is 30.5 Å². The number of aromatic nitrogens is 2.